The largest absolute Gasteiger partial charge is 0.474 e. The summed E-state index contributed by atoms with van der Waals surface area (Å²) in [5.74, 6) is 2.20. The van der Waals surface area contributed by atoms with Gasteiger partial charge in [-0.25, -0.2) is 4.98 Å². The lowest BCUT2D eigenvalue weighted by atomic mass is 10.1. The minimum Gasteiger partial charge on any atom is -0.474 e. The lowest BCUT2D eigenvalue weighted by Crippen LogP contribution is -2.46. The summed E-state index contributed by atoms with van der Waals surface area (Å²) >= 11 is 0. The van der Waals surface area contributed by atoms with E-state index in [9.17, 15) is 0 Å². The maximum Gasteiger partial charge on any atom is 0.218 e. The van der Waals surface area contributed by atoms with Crippen LogP contribution in [0.15, 0.2) is 23.3 Å². The Kier molecular flexibility index (Phi) is 9.27. The zero-order valence-corrected chi connectivity index (χ0v) is 20.0. The van der Waals surface area contributed by atoms with Gasteiger partial charge in [-0.2, -0.15) is 0 Å². The highest BCUT2D eigenvalue weighted by molar-refractivity contribution is 14.0. The molecule has 0 aromatic carbocycles. The van der Waals surface area contributed by atoms with Crippen LogP contribution in [0.3, 0.4) is 0 Å². The van der Waals surface area contributed by atoms with Gasteiger partial charge in [-0.3, -0.25) is 9.89 Å². The molecule has 7 heteroatoms. The number of nitrogens with zero attached hydrogens (tertiary/aromatic N) is 3. The van der Waals surface area contributed by atoms with Crippen molar-refractivity contribution in [3.8, 4) is 5.88 Å². The van der Waals surface area contributed by atoms with Crippen LogP contribution < -0.4 is 15.4 Å². The zero-order valence-electron chi connectivity index (χ0n) is 17.6. The summed E-state index contributed by atoms with van der Waals surface area (Å²) in [6.07, 6.45) is 6.92. The lowest BCUT2D eigenvalue weighted by Gasteiger charge is -2.22. The van der Waals surface area contributed by atoms with Crippen LogP contribution in [0.5, 0.6) is 5.88 Å². The molecule has 158 valence electrons. The number of nitrogens with one attached hydrogen (secondary N) is 2. The molecule has 1 saturated heterocycles. The van der Waals surface area contributed by atoms with E-state index < -0.39 is 0 Å². The highest BCUT2D eigenvalue weighted by Gasteiger charge is 2.31. The van der Waals surface area contributed by atoms with E-state index in [1.165, 1.54) is 12.8 Å². The number of rotatable bonds is 6. The van der Waals surface area contributed by atoms with Gasteiger partial charge in [-0.1, -0.05) is 13.0 Å². The molecule has 2 N–H and O–H groups in total. The smallest absolute Gasteiger partial charge is 0.218 e. The van der Waals surface area contributed by atoms with Gasteiger partial charge in [0.15, 0.2) is 5.96 Å². The molecule has 1 aromatic heterocycles. The summed E-state index contributed by atoms with van der Waals surface area (Å²) in [4.78, 5) is 11.4. The minimum absolute atomic E-state index is 0. The quantitative estimate of drug-likeness (QED) is 0.356. The van der Waals surface area contributed by atoms with Crippen LogP contribution in [-0.4, -0.2) is 54.2 Å². The van der Waals surface area contributed by atoms with Crippen LogP contribution in [0, 0.1) is 5.92 Å². The molecule has 0 bridgehead atoms. The Balaban J connectivity index is 0.00000280. The molecule has 3 rings (SSSR count). The van der Waals surface area contributed by atoms with Crippen molar-refractivity contribution in [2.24, 2.45) is 10.9 Å². The number of pyridine rings is 1. The van der Waals surface area contributed by atoms with Crippen molar-refractivity contribution in [3.63, 3.8) is 0 Å². The predicted octanol–water partition coefficient (Wildman–Crippen LogP) is 3.41. The van der Waals surface area contributed by atoms with Gasteiger partial charge in [-0.15, -0.1) is 24.0 Å². The summed E-state index contributed by atoms with van der Waals surface area (Å²) in [5.41, 5.74) is 1.08. The van der Waals surface area contributed by atoms with Crippen molar-refractivity contribution >= 4 is 29.9 Å². The molecule has 2 heterocycles. The number of guanidine groups is 1. The molecule has 6 nitrogen and oxygen atoms in total. The van der Waals surface area contributed by atoms with Crippen LogP contribution in [0.2, 0.25) is 0 Å². The predicted molar refractivity (Wildman–Crippen MR) is 126 cm³/mol. The maximum absolute atomic E-state index is 6.15. The van der Waals surface area contributed by atoms with Gasteiger partial charge < -0.3 is 15.4 Å². The molecule has 0 radical (unpaired) electrons. The molecule has 2 unspecified atom stereocenters. The molecule has 1 aliphatic heterocycles. The normalized spacial score (nSPS) is 23.7. The Morgan fingerprint density at radius 3 is 2.71 bits per heavy atom. The third kappa shape index (κ3) is 6.20. The number of hydrogen-bond donors (Lipinski definition) is 2. The number of aromatic nitrogens is 1. The van der Waals surface area contributed by atoms with Crippen LogP contribution in [0.4, 0.5) is 0 Å². The third-order valence-electron chi connectivity index (χ3n) is 5.79. The SMILES string of the molecule is CN=C(NCc1cccnc1OC1CCCC1)NC1CN(C(C)C)CC1C.I. The van der Waals surface area contributed by atoms with E-state index >= 15 is 0 Å². The molecule has 2 atom stereocenters. The number of aliphatic imine (C=N–C) groups is 1. The number of halogens is 1. The van der Waals surface area contributed by atoms with E-state index in [0.29, 0.717) is 30.7 Å². The van der Waals surface area contributed by atoms with E-state index in [0.717, 1.165) is 43.3 Å². The second-order valence-electron chi connectivity index (χ2n) is 8.19. The molecular weight excluding hydrogens is 465 g/mol. The average molecular weight is 501 g/mol. The van der Waals surface area contributed by atoms with Gasteiger partial charge in [0.1, 0.15) is 6.10 Å². The summed E-state index contributed by atoms with van der Waals surface area (Å²) in [7, 11) is 1.83. The molecule has 2 aliphatic rings. The first-order chi connectivity index (χ1) is 13.1. The molecule has 1 aliphatic carbocycles. The van der Waals surface area contributed by atoms with Gasteiger partial charge in [0.25, 0.3) is 0 Å². The van der Waals surface area contributed by atoms with Gasteiger partial charge in [-0.05, 0) is 51.5 Å². The standard InChI is InChI=1S/C21H35N5O.HI/c1-15(2)26-13-16(3)19(14-26)25-21(22-4)24-12-17-8-7-11-23-20(17)27-18-9-5-6-10-18;/h7-8,11,15-16,18-19H,5-6,9-10,12-14H2,1-4H3,(H2,22,24,25);1H. The van der Waals surface area contributed by atoms with E-state index in [2.05, 4.69) is 52.3 Å². The molecule has 0 amide bonds. The Morgan fingerprint density at radius 2 is 2.07 bits per heavy atom. The minimum atomic E-state index is 0. The molecule has 2 fully saturated rings. The maximum atomic E-state index is 6.15. The van der Waals surface area contributed by atoms with Crippen molar-refractivity contribution in [1.82, 2.24) is 20.5 Å². The highest BCUT2D eigenvalue weighted by atomic mass is 127. The van der Waals surface area contributed by atoms with Gasteiger partial charge in [0.2, 0.25) is 5.88 Å². The summed E-state index contributed by atoms with van der Waals surface area (Å²) < 4.78 is 6.15. The van der Waals surface area contributed by atoms with Gasteiger partial charge in [0.05, 0.1) is 0 Å². The van der Waals surface area contributed by atoms with Crippen molar-refractivity contribution < 1.29 is 4.74 Å². The van der Waals surface area contributed by atoms with Crippen molar-refractivity contribution in [1.29, 1.82) is 0 Å². The Hall–Kier alpha value is -1.09. The Labute approximate surface area is 186 Å². The molecule has 28 heavy (non-hydrogen) atoms. The van der Waals surface area contributed by atoms with Gasteiger partial charge >= 0.3 is 0 Å². The van der Waals surface area contributed by atoms with Crippen LogP contribution in [0.25, 0.3) is 0 Å². The van der Waals surface area contributed by atoms with Crippen LogP contribution >= 0.6 is 24.0 Å². The van der Waals surface area contributed by atoms with E-state index in [1.807, 2.05) is 19.3 Å². The Morgan fingerprint density at radius 1 is 1.32 bits per heavy atom. The number of likely N-dealkylation sites (tertiary alicyclic amines) is 1. The fraction of sp³-hybridized carbons (Fsp3) is 0.714. The molecule has 1 aromatic rings. The summed E-state index contributed by atoms with van der Waals surface area (Å²) in [6, 6.07) is 5.05. The summed E-state index contributed by atoms with van der Waals surface area (Å²) in [5, 5.41) is 7.04. The molecule has 0 spiro atoms. The fourth-order valence-corrected chi connectivity index (χ4v) is 3.99. The van der Waals surface area contributed by atoms with Crippen molar-refractivity contribution in [3.05, 3.63) is 23.9 Å². The molecular formula is C21H36IN5O. The molecule has 1 saturated carbocycles. The van der Waals surface area contributed by atoms with Crippen molar-refractivity contribution in [2.75, 3.05) is 20.1 Å². The fourth-order valence-electron chi connectivity index (χ4n) is 3.99. The average Bonchev–Trinajstić information content (AvgIpc) is 3.29. The first kappa shape index (κ1) is 23.2. The lowest BCUT2D eigenvalue weighted by molar-refractivity contribution is 0.199. The first-order valence-electron chi connectivity index (χ1n) is 10.4. The second kappa shape index (κ2) is 11.2. The zero-order chi connectivity index (χ0) is 19.2. The van der Waals surface area contributed by atoms with E-state index in [1.54, 1.807) is 0 Å². The second-order valence-corrected chi connectivity index (χ2v) is 8.19. The number of hydrogen-bond acceptors (Lipinski definition) is 4. The van der Waals surface area contributed by atoms with Crippen LogP contribution in [-0.2, 0) is 6.54 Å². The number of ether oxygens (including phenoxy) is 1. The van der Waals surface area contributed by atoms with E-state index in [-0.39, 0.29) is 24.0 Å². The summed E-state index contributed by atoms with van der Waals surface area (Å²) in [6.45, 7) is 9.68. The van der Waals surface area contributed by atoms with Gasteiger partial charge in [0, 0.05) is 50.5 Å². The highest BCUT2D eigenvalue weighted by Crippen LogP contribution is 2.25. The third-order valence-corrected chi connectivity index (χ3v) is 5.79. The van der Waals surface area contributed by atoms with Crippen LogP contribution in [0.1, 0.15) is 52.0 Å². The first-order valence-corrected chi connectivity index (χ1v) is 10.4. The van der Waals surface area contributed by atoms with Crippen molar-refractivity contribution in [2.45, 2.75) is 71.2 Å². The Bertz CT molecular complexity index is 633. The van der Waals surface area contributed by atoms with E-state index in [4.69, 9.17) is 4.74 Å². The topological polar surface area (TPSA) is 61.8 Å². The monoisotopic (exact) mass is 501 g/mol.